The van der Waals surface area contributed by atoms with Gasteiger partial charge in [0.1, 0.15) is 5.92 Å². The number of nitriles is 1. The maximum absolute atomic E-state index is 12.4. The van der Waals surface area contributed by atoms with Gasteiger partial charge >= 0.3 is 0 Å². The lowest BCUT2D eigenvalue weighted by Crippen LogP contribution is -2.11. The summed E-state index contributed by atoms with van der Waals surface area (Å²) in [5.41, 5.74) is 3.45. The van der Waals surface area contributed by atoms with Gasteiger partial charge in [0, 0.05) is 10.6 Å². The average molecular weight is 284 g/mol. The molecule has 3 heteroatoms. The number of ketones is 1. The van der Waals surface area contributed by atoms with Crippen LogP contribution in [-0.2, 0) is 0 Å². The first-order valence-corrected chi connectivity index (χ1v) is 6.67. The molecule has 0 aliphatic heterocycles. The minimum absolute atomic E-state index is 0.201. The van der Waals surface area contributed by atoms with Crippen molar-refractivity contribution in [3.63, 3.8) is 0 Å². The predicted octanol–water partition coefficient (Wildman–Crippen LogP) is 4.45. The van der Waals surface area contributed by atoms with Gasteiger partial charge in [-0.3, -0.25) is 4.79 Å². The fourth-order valence-electron chi connectivity index (χ4n) is 2.01. The van der Waals surface area contributed by atoms with E-state index >= 15 is 0 Å². The van der Waals surface area contributed by atoms with E-state index in [1.165, 1.54) is 0 Å². The van der Waals surface area contributed by atoms with E-state index in [1.807, 2.05) is 32.0 Å². The van der Waals surface area contributed by atoms with E-state index in [9.17, 15) is 10.1 Å². The molecule has 0 saturated heterocycles. The molecule has 2 aromatic carbocycles. The molecular weight excluding hydrogens is 270 g/mol. The number of Topliss-reactive ketones (excluding diaryl/α,β-unsaturated/α-hetero) is 1. The monoisotopic (exact) mass is 283 g/mol. The maximum Gasteiger partial charge on any atom is 0.184 e. The van der Waals surface area contributed by atoms with Gasteiger partial charge in [-0.2, -0.15) is 5.26 Å². The van der Waals surface area contributed by atoms with Crippen LogP contribution in [-0.4, -0.2) is 5.78 Å². The van der Waals surface area contributed by atoms with Gasteiger partial charge in [0.2, 0.25) is 0 Å². The average Bonchev–Trinajstić information content (AvgIpc) is 2.44. The molecule has 2 rings (SSSR count). The Morgan fingerprint density at radius 1 is 1.10 bits per heavy atom. The van der Waals surface area contributed by atoms with Gasteiger partial charge in [-0.25, -0.2) is 0 Å². The van der Waals surface area contributed by atoms with E-state index in [-0.39, 0.29) is 5.78 Å². The first-order chi connectivity index (χ1) is 9.52. The molecule has 0 amide bonds. The summed E-state index contributed by atoms with van der Waals surface area (Å²) in [6, 6.07) is 14.4. The molecule has 0 bridgehead atoms. The highest BCUT2D eigenvalue weighted by molar-refractivity contribution is 6.30. The number of hydrogen-bond donors (Lipinski definition) is 0. The number of benzene rings is 2. The Labute approximate surface area is 123 Å². The van der Waals surface area contributed by atoms with E-state index in [0.29, 0.717) is 10.6 Å². The van der Waals surface area contributed by atoms with Gasteiger partial charge in [-0.15, -0.1) is 0 Å². The molecule has 1 unspecified atom stereocenters. The van der Waals surface area contributed by atoms with Gasteiger partial charge in [-0.1, -0.05) is 29.8 Å². The molecule has 20 heavy (non-hydrogen) atoms. The fourth-order valence-corrected chi connectivity index (χ4v) is 2.14. The Hall–Kier alpha value is -2.11. The number of halogens is 1. The standard InChI is InChI=1S/C17H14ClNO/c1-11-3-4-14(9-12(11)2)16(10-19)17(20)13-5-7-15(18)8-6-13/h3-9,16H,1-2H3. The molecule has 0 radical (unpaired) electrons. The van der Waals surface area contributed by atoms with E-state index in [2.05, 4.69) is 6.07 Å². The van der Waals surface area contributed by atoms with Crippen molar-refractivity contribution in [3.8, 4) is 6.07 Å². The van der Waals surface area contributed by atoms with Gasteiger partial charge < -0.3 is 0 Å². The minimum atomic E-state index is -0.782. The van der Waals surface area contributed by atoms with Crippen molar-refractivity contribution in [2.24, 2.45) is 0 Å². The van der Waals surface area contributed by atoms with Crippen molar-refractivity contribution >= 4 is 17.4 Å². The molecule has 2 aromatic rings. The predicted molar refractivity (Wildman–Crippen MR) is 80.1 cm³/mol. The molecule has 0 spiro atoms. The van der Waals surface area contributed by atoms with E-state index in [4.69, 9.17) is 11.6 Å². The number of hydrogen-bond acceptors (Lipinski definition) is 2. The summed E-state index contributed by atoms with van der Waals surface area (Å²) in [4.78, 5) is 12.4. The van der Waals surface area contributed by atoms with E-state index in [1.54, 1.807) is 24.3 Å². The molecule has 0 saturated carbocycles. The van der Waals surface area contributed by atoms with Crippen molar-refractivity contribution in [2.45, 2.75) is 19.8 Å². The summed E-state index contributed by atoms with van der Waals surface area (Å²) in [6.07, 6.45) is 0. The smallest absolute Gasteiger partial charge is 0.184 e. The van der Waals surface area contributed by atoms with Crippen LogP contribution in [0.15, 0.2) is 42.5 Å². The highest BCUT2D eigenvalue weighted by Crippen LogP contribution is 2.23. The molecule has 0 aliphatic carbocycles. The molecule has 1 atom stereocenters. The Kier molecular flexibility index (Phi) is 4.22. The zero-order valence-electron chi connectivity index (χ0n) is 11.4. The Bertz CT molecular complexity index is 683. The Morgan fingerprint density at radius 3 is 2.30 bits per heavy atom. The van der Waals surface area contributed by atoms with E-state index in [0.717, 1.165) is 16.7 Å². The van der Waals surface area contributed by atoms with Gasteiger partial charge in [0.25, 0.3) is 0 Å². The van der Waals surface area contributed by atoms with Crippen LogP contribution < -0.4 is 0 Å². The third-order valence-corrected chi connectivity index (χ3v) is 3.64. The van der Waals surface area contributed by atoms with Crippen molar-refractivity contribution in [1.82, 2.24) is 0 Å². The third-order valence-electron chi connectivity index (χ3n) is 3.38. The molecule has 100 valence electrons. The number of carbonyl (C=O) groups is 1. The largest absolute Gasteiger partial charge is 0.292 e. The third kappa shape index (κ3) is 2.89. The van der Waals surface area contributed by atoms with Crippen molar-refractivity contribution in [2.75, 3.05) is 0 Å². The topological polar surface area (TPSA) is 40.9 Å². The second-order valence-electron chi connectivity index (χ2n) is 4.78. The Morgan fingerprint density at radius 2 is 1.75 bits per heavy atom. The number of aryl methyl sites for hydroxylation is 2. The first kappa shape index (κ1) is 14.3. The van der Waals surface area contributed by atoms with Crippen molar-refractivity contribution in [1.29, 1.82) is 5.26 Å². The van der Waals surface area contributed by atoms with E-state index < -0.39 is 5.92 Å². The summed E-state index contributed by atoms with van der Waals surface area (Å²) < 4.78 is 0. The fraction of sp³-hybridized carbons (Fsp3) is 0.176. The van der Waals surface area contributed by atoms with Crippen LogP contribution in [0.25, 0.3) is 0 Å². The van der Waals surface area contributed by atoms with Crippen LogP contribution in [0, 0.1) is 25.2 Å². The quantitative estimate of drug-likeness (QED) is 0.781. The molecule has 0 heterocycles. The second kappa shape index (κ2) is 5.90. The SMILES string of the molecule is Cc1ccc(C(C#N)C(=O)c2ccc(Cl)cc2)cc1C. The lowest BCUT2D eigenvalue weighted by Gasteiger charge is -2.11. The van der Waals surface area contributed by atoms with Gasteiger partial charge in [0.05, 0.1) is 6.07 Å². The number of rotatable bonds is 3. The molecule has 0 N–H and O–H groups in total. The minimum Gasteiger partial charge on any atom is -0.292 e. The second-order valence-corrected chi connectivity index (χ2v) is 5.21. The van der Waals surface area contributed by atoms with Gasteiger partial charge in [0.15, 0.2) is 5.78 Å². The van der Waals surface area contributed by atoms with Crippen LogP contribution in [0.4, 0.5) is 0 Å². The van der Waals surface area contributed by atoms with Gasteiger partial charge in [-0.05, 0) is 54.8 Å². The van der Waals surface area contributed by atoms with Crippen LogP contribution in [0.1, 0.15) is 33.0 Å². The maximum atomic E-state index is 12.4. The normalized spacial score (nSPS) is 11.7. The van der Waals surface area contributed by atoms with Crippen LogP contribution in [0.2, 0.25) is 5.02 Å². The molecule has 0 fully saturated rings. The van der Waals surface area contributed by atoms with Crippen molar-refractivity contribution < 1.29 is 4.79 Å². The molecule has 0 aliphatic rings. The molecular formula is C17H14ClNO. The molecule has 2 nitrogen and oxygen atoms in total. The Balaban J connectivity index is 2.37. The summed E-state index contributed by atoms with van der Waals surface area (Å²) in [5, 5.41) is 9.90. The van der Waals surface area contributed by atoms with Crippen molar-refractivity contribution in [3.05, 3.63) is 69.7 Å². The lowest BCUT2D eigenvalue weighted by atomic mass is 9.90. The number of carbonyl (C=O) groups excluding carboxylic acids is 1. The summed E-state index contributed by atoms with van der Waals surface area (Å²) in [5.74, 6) is -0.983. The highest BCUT2D eigenvalue weighted by atomic mass is 35.5. The zero-order chi connectivity index (χ0) is 14.7. The van der Waals surface area contributed by atoms with Crippen LogP contribution in [0.5, 0.6) is 0 Å². The number of nitrogens with zero attached hydrogens (tertiary/aromatic N) is 1. The summed E-state index contributed by atoms with van der Waals surface area (Å²) in [6.45, 7) is 3.97. The summed E-state index contributed by atoms with van der Waals surface area (Å²) in [7, 11) is 0. The van der Waals surface area contributed by atoms with Crippen LogP contribution in [0.3, 0.4) is 0 Å². The lowest BCUT2D eigenvalue weighted by molar-refractivity contribution is 0.0979. The highest BCUT2D eigenvalue weighted by Gasteiger charge is 2.21. The first-order valence-electron chi connectivity index (χ1n) is 6.29. The zero-order valence-corrected chi connectivity index (χ0v) is 12.1. The molecule has 0 aromatic heterocycles. The van der Waals surface area contributed by atoms with Crippen LogP contribution >= 0.6 is 11.6 Å². The summed E-state index contributed by atoms with van der Waals surface area (Å²) >= 11 is 5.81.